The Morgan fingerprint density at radius 3 is 1.43 bits per heavy atom. The summed E-state index contributed by atoms with van der Waals surface area (Å²) in [6.45, 7) is 0. The molecule has 2 aromatic carbocycles. The lowest BCUT2D eigenvalue weighted by Gasteiger charge is -2.21. The highest BCUT2D eigenvalue weighted by Gasteiger charge is 2.42. The average Bonchev–Trinajstić information content (AvgIpc) is 4.02. The summed E-state index contributed by atoms with van der Waals surface area (Å²) in [7, 11) is 14.3. The van der Waals surface area contributed by atoms with Gasteiger partial charge < -0.3 is 37.8 Å². The van der Waals surface area contributed by atoms with E-state index in [0.29, 0.717) is 34.4 Å². The maximum atomic E-state index is 13.7. The number of carbonyl (C=O) groups excluding carboxylic acids is 1. The zero-order valence-corrected chi connectivity index (χ0v) is 34.0. The van der Waals surface area contributed by atoms with Crippen LogP contribution in [-0.4, -0.2) is 70.4 Å². The lowest BCUT2D eigenvalue weighted by Crippen LogP contribution is -2.26. The highest BCUT2D eigenvalue weighted by molar-refractivity contribution is 6.39. The first-order valence-corrected chi connectivity index (χ1v) is 18.7. The van der Waals surface area contributed by atoms with Crippen LogP contribution in [0.1, 0.15) is 45.0 Å². The minimum absolute atomic E-state index is 0.0331. The Morgan fingerprint density at radius 2 is 1.02 bits per heavy atom. The fraction of sp³-hybridized carbons (Fsp3) is 0.167. The quantitative estimate of drug-likeness (QED) is 0.0951. The van der Waals surface area contributed by atoms with Crippen molar-refractivity contribution in [2.45, 2.75) is 0 Å². The molecule has 1 aliphatic heterocycles. The van der Waals surface area contributed by atoms with Gasteiger partial charge in [-0.15, -0.1) is 0 Å². The number of likely N-dealkylation sites (N-methyl/N-ethyl adjacent to an activating group) is 1. The molecule has 10 heteroatoms. The Morgan fingerprint density at radius 1 is 0.569 bits per heavy atom. The zero-order chi connectivity index (χ0) is 41.1. The van der Waals surface area contributed by atoms with Crippen molar-refractivity contribution in [1.82, 2.24) is 13.7 Å². The second-order valence-electron chi connectivity index (χ2n) is 13.9. The molecule has 0 spiro atoms. The van der Waals surface area contributed by atoms with Crippen molar-refractivity contribution in [3.8, 4) is 23.0 Å². The van der Waals surface area contributed by atoms with E-state index in [9.17, 15) is 9.90 Å². The van der Waals surface area contributed by atoms with Crippen molar-refractivity contribution in [2.75, 3.05) is 35.5 Å². The molecule has 7 rings (SSSR count). The van der Waals surface area contributed by atoms with Gasteiger partial charge in [0.15, 0.2) is 0 Å². The van der Waals surface area contributed by atoms with Gasteiger partial charge in [-0.3, -0.25) is 4.79 Å². The maximum absolute atomic E-state index is 13.7. The molecule has 294 valence electrons. The predicted molar refractivity (Wildman–Crippen MR) is 233 cm³/mol. The second kappa shape index (κ2) is 16.5. The molecule has 3 aromatic heterocycles. The first kappa shape index (κ1) is 39.1. The number of aliphatic hydroxyl groups is 1. The van der Waals surface area contributed by atoms with Crippen LogP contribution in [0.2, 0.25) is 0 Å². The number of hydrogen-bond donors (Lipinski definition) is 1. The smallest absolute Gasteiger partial charge is 0.220 e. The van der Waals surface area contributed by atoms with Crippen LogP contribution >= 0.6 is 0 Å². The van der Waals surface area contributed by atoms with Crippen molar-refractivity contribution >= 4 is 59.6 Å². The number of carbonyl (C=O) groups is 1. The Bertz CT molecular complexity index is 2680. The summed E-state index contributed by atoms with van der Waals surface area (Å²) in [6.07, 6.45) is 23.6. The number of methoxy groups -OCH3 is 4. The fourth-order valence-electron chi connectivity index (χ4n) is 7.18. The van der Waals surface area contributed by atoms with Crippen LogP contribution in [0.15, 0.2) is 108 Å². The van der Waals surface area contributed by atoms with Crippen molar-refractivity contribution in [3.63, 3.8) is 0 Å². The van der Waals surface area contributed by atoms with Gasteiger partial charge in [-0.25, -0.2) is 0 Å². The van der Waals surface area contributed by atoms with Crippen molar-refractivity contribution in [2.24, 2.45) is 21.1 Å². The van der Waals surface area contributed by atoms with Crippen molar-refractivity contribution in [1.29, 1.82) is 0 Å². The van der Waals surface area contributed by atoms with Gasteiger partial charge in [0, 0.05) is 91.1 Å². The molecule has 2 aliphatic rings. The highest BCUT2D eigenvalue weighted by atomic mass is 16.5. The molecule has 5 aromatic rings. The van der Waals surface area contributed by atoms with Crippen LogP contribution in [0, 0.1) is 0 Å². The number of rotatable bonds is 13. The number of aliphatic hydroxyl groups excluding tert-OH is 1. The Kier molecular flexibility index (Phi) is 11.1. The zero-order valence-electron chi connectivity index (χ0n) is 34.0. The van der Waals surface area contributed by atoms with Gasteiger partial charge in [0.05, 0.1) is 39.7 Å². The van der Waals surface area contributed by atoms with Gasteiger partial charge >= 0.3 is 0 Å². The number of aryl methyl sites for hydroxylation is 2. The molecule has 10 nitrogen and oxygen atoms in total. The van der Waals surface area contributed by atoms with E-state index in [1.807, 2.05) is 180 Å². The summed E-state index contributed by atoms with van der Waals surface area (Å²) in [6, 6.07) is 19.6. The number of hydrogen-bond acceptors (Lipinski definition) is 6. The number of nitrogens with zero attached hydrogens (tertiary/aromatic N) is 4. The summed E-state index contributed by atoms with van der Waals surface area (Å²) in [5.74, 6) is 2.53. The van der Waals surface area contributed by atoms with E-state index < -0.39 is 0 Å². The molecule has 0 saturated carbocycles. The monoisotopic (exact) mass is 775 g/mol. The van der Waals surface area contributed by atoms with E-state index in [2.05, 4.69) is 0 Å². The third-order valence-electron chi connectivity index (χ3n) is 10.6. The summed E-state index contributed by atoms with van der Waals surface area (Å²) >= 11 is 0. The second-order valence-corrected chi connectivity index (χ2v) is 13.9. The van der Waals surface area contributed by atoms with Gasteiger partial charge in [-0.1, -0.05) is 0 Å². The van der Waals surface area contributed by atoms with Gasteiger partial charge in [-0.05, 0) is 103 Å². The van der Waals surface area contributed by atoms with Crippen LogP contribution in [0.4, 0.5) is 0 Å². The van der Waals surface area contributed by atoms with E-state index in [0.717, 1.165) is 45.0 Å². The molecule has 0 saturated heterocycles. The van der Waals surface area contributed by atoms with E-state index in [4.69, 9.17) is 18.9 Å². The molecule has 58 heavy (non-hydrogen) atoms. The average molecular weight is 776 g/mol. The van der Waals surface area contributed by atoms with Crippen LogP contribution < -0.4 is 18.9 Å². The Labute approximate surface area is 338 Å². The van der Waals surface area contributed by atoms with E-state index in [1.54, 1.807) is 28.4 Å². The molecule has 0 atom stereocenters. The first-order chi connectivity index (χ1) is 28.1. The normalized spacial score (nSPS) is 15.7. The minimum atomic E-state index is -0.221. The summed E-state index contributed by atoms with van der Waals surface area (Å²) < 4.78 is 30.8. The minimum Gasteiger partial charge on any atom is -0.506 e. The lowest BCUT2D eigenvalue weighted by atomic mass is 9.84. The topological polar surface area (TPSA) is 92.0 Å². The van der Waals surface area contributed by atoms with Gasteiger partial charge in [0.1, 0.15) is 41.4 Å². The SMILES string of the molecule is COc1cc(C=Cc2cccn2C)c(OC)cc1C=CC1=[N+](C)C(=C2C(=O)C(c3ccc(C=Cc4cc(OC)c(C=Cc5cccn5C)cc4OC)n3C)=C2O)C=C1. The molecular formula is C48H47N4O6+. The van der Waals surface area contributed by atoms with Gasteiger partial charge in [0.2, 0.25) is 17.2 Å². The van der Waals surface area contributed by atoms with Crippen LogP contribution in [0.3, 0.4) is 0 Å². The third kappa shape index (κ3) is 7.39. The number of ether oxygens (including phenoxy) is 4. The molecule has 0 bridgehead atoms. The summed E-state index contributed by atoms with van der Waals surface area (Å²) in [5, 5.41) is 11.4. The molecule has 4 heterocycles. The number of aromatic nitrogens is 3. The first-order valence-electron chi connectivity index (χ1n) is 18.7. The largest absolute Gasteiger partial charge is 0.506 e. The molecule has 0 radical (unpaired) electrons. The van der Waals surface area contributed by atoms with Crippen LogP contribution in [0.5, 0.6) is 23.0 Å². The predicted octanol–water partition coefficient (Wildman–Crippen LogP) is 8.72. The molecule has 1 N–H and O–H groups in total. The summed E-state index contributed by atoms with van der Waals surface area (Å²) in [5.41, 5.74) is 9.03. The van der Waals surface area contributed by atoms with Crippen molar-refractivity contribution < 1.29 is 33.4 Å². The highest BCUT2D eigenvalue weighted by Crippen LogP contribution is 2.40. The molecule has 0 fully saturated rings. The van der Waals surface area contributed by atoms with E-state index >= 15 is 0 Å². The molecule has 0 unspecified atom stereocenters. The van der Waals surface area contributed by atoms with E-state index in [1.165, 1.54) is 0 Å². The Hall–Kier alpha value is -7.20. The van der Waals surface area contributed by atoms with Crippen LogP contribution in [-0.2, 0) is 25.9 Å². The van der Waals surface area contributed by atoms with Crippen LogP contribution in [0.25, 0.3) is 48.1 Å². The fourth-order valence-corrected chi connectivity index (χ4v) is 7.18. The number of benzene rings is 2. The number of allylic oxidation sites excluding steroid dienone is 5. The molecule has 0 amide bonds. The Balaban J connectivity index is 1.11. The molecule has 1 aliphatic carbocycles. The lowest BCUT2D eigenvalue weighted by molar-refractivity contribution is -0.434. The molecular weight excluding hydrogens is 729 g/mol. The van der Waals surface area contributed by atoms with Gasteiger partial charge in [-0.2, -0.15) is 4.58 Å². The standard InChI is InChI=1S/C48H46N4O6/c1-49-25-9-11-35(49)17-13-31-27-43(57-7)33(29-41(31)55-5)15-19-37-21-23-39(51(37)3)45-47(53)46(48(45)54)40-24-22-38(52(40)4)20-16-34-30-42(56-6)32(28-44(34)58-8)14-18-36-12-10-26-50(36)2/h9-30H,1-8H3/p+1. The number of Topliss-reactive ketones (excluding diaryl/α,β-unsaturated/α-hetero) is 1. The third-order valence-corrected chi connectivity index (χ3v) is 10.6. The number of ketones is 1. The summed E-state index contributed by atoms with van der Waals surface area (Å²) in [4.78, 5) is 13.7. The van der Waals surface area contributed by atoms with Gasteiger partial charge in [0.25, 0.3) is 0 Å². The maximum Gasteiger partial charge on any atom is 0.220 e. The van der Waals surface area contributed by atoms with Crippen molar-refractivity contribution in [3.05, 3.63) is 153 Å². The van der Waals surface area contributed by atoms with E-state index in [-0.39, 0.29) is 22.7 Å².